The van der Waals surface area contributed by atoms with Crippen LogP contribution in [0.5, 0.6) is 0 Å². The lowest BCUT2D eigenvalue weighted by molar-refractivity contribution is -0.146. The number of carbonyl (C=O) groups is 3. The van der Waals surface area contributed by atoms with Gasteiger partial charge in [0, 0.05) is 17.9 Å². The molecule has 1 fully saturated rings. The average molecular weight is 364 g/mol. The van der Waals surface area contributed by atoms with Crippen LogP contribution in [0.15, 0.2) is 24.3 Å². The minimum Gasteiger partial charge on any atom is -0.464 e. The molecule has 1 aliphatic heterocycles. The molecule has 1 aromatic carbocycles. The Morgan fingerprint density at radius 2 is 2.00 bits per heavy atom. The molecule has 2 rings (SSSR count). The van der Waals surface area contributed by atoms with Crippen LogP contribution in [0.4, 0.5) is 5.69 Å². The van der Waals surface area contributed by atoms with Crippen molar-refractivity contribution in [3.8, 4) is 0 Å². The van der Waals surface area contributed by atoms with Gasteiger partial charge in [0.05, 0.1) is 11.9 Å². The lowest BCUT2D eigenvalue weighted by atomic mass is 10.0. The number of rotatable bonds is 6. The summed E-state index contributed by atoms with van der Waals surface area (Å²) in [5.74, 6) is -0.124. The van der Waals surface area contributed by atoms with Gasteiger partial charge in [-0.25, -0.2) is 4.79 Å². The van der Waals surface area contributed by atoms with Gasteiger partial charge in [0.25, 0.3) is 0 Å². The van der Waals surface area contributed by atoms with E-state index in [0.29, 0.717) is 17.4 Å². The Hall–Kier alpha value is -2.02. The molecule has 136 valence electrons. The zero-order chi connectivity index (χ0) is 18.4. The number of esters is 1. The topological polar surface area (TPSA) is 84.5 Å². The highest BCUT2D eigenvalue weighted by Crippen LogP contribution is 2.23. The van der Waals surface area contributed by atoms with Gasteiger partial charge >= 0.3 is 5.97 Å². The van der Waals surface area contributed by atoms with Crippen molar-refractivity contribution in [3.05, 3.63) is 29.8 Å². The molecule has 1 saturated heterocycles. The van der Waals surface area contributed by atoms with Crippen LogP contribution in [-0.4, -0.2) is 41.4 Å². The predicted molar refractivity (Wildman–Crippen MR) is 98.6 cm³/mol. The van der Waals surface area contributed by atoms with Gasteiger partial charge in [-0.05, 0) is 30.5 Å². The molecule has 0 radical (unpaired) electrons. The summed E-state index contributed by atoms with van der Waals surface area (Å²) >= 11 is 1.31. The quantitative estimate of drug-likeness (QED) is 0.757. The van der Waals surface area contributed by atoms with Crippen LogP contribution in [0.2, 0.25) is 0 Å². The Bertz CT molecular complexity index is 630. The molecule has 0 saturated carbocycles. The number of thioether (sulfide) groups is 1. The van der Waals surface area contributed by atoms with Gasteiger partial charge in [-0.3, -0.25) is 9.59 Å². The molecule has 0 aliphatic carbocycles. The average Bonchev–Trinajstić information content (AvgIpc) is 2.57. The van der Waals surface area contributed by atoms with Gasteiger partial charge in [-0.1, -0.05) is 26.0 Å². The fourth-order valence-electron chi connectivity index (χ4n) is 2.45. The van der Waals surface area contributed by atoms with E-state index in [-0.39, 0.29) is 24.8 Å². The van der Waals surface area contributed by atoms with E-state index >= 15 is 0 Å². The molecule has 2 atom stereocenters. The largest absolute Gasteiger partial charge is 0.464 e. The van der Waals surface area contributed by atoms with Crippen molar-refractivity contribution in [2.24, 2.45) is 0 Å². The van der Waals surface area contributed by atoms with E-state index in [4.69, 9.17) is 4.74 Å². The molecule has 7 heteroatoms. The molecule has 0 bridgehead atoms. The number of nitrogens with one attached hydrogen (secondary N) is 2. The van der Waals surface area contributed by atoms with E-state index in [1.807, 2.05) is 24.3 Å². The highest BCUT2D eigenvalue weighted by molar-refractivity contribution is 8.00. The third-order valence-electron chi connectivity index (χ3n) is 3.88. The van der Waals surface area contributed by atoms with Gasteiger partial charge < -0.3 is 15.4 Å². The Kier molecular flexibility index (Phi) is 6.87. The first-order chi connectivity index (χ1) is 11.9. The number of hydrogen-bond acceptors (Lipinski definition) is 5. The van der Waals surface area contributed by atoms with E-state index < -0.39 is 17.3 Å². The number of ether oxygens (including phenoxy) is 1. The van der Waals surface area contributed by atoms with Crippen molar-refractivity contribution >= 4 is 35.2 Å². The third kappa shape index (κ3) is 5.49. The molecule has 1 aromatic rings. The molecular formula is C18H24N2O4S. The maximum Gasteiger partial charge on any atom is 0.329 e. The Morgan fingerprint density at radius 3 is 2.56 bits per heavy atom. The first-order valence-corrected chi connectivity index (χ1v) is 9.44. The monoisotopic (exact) mass is 364 g/mol. The second-order valence-corrected chi connectivity index (χ2v) is 7.40. The normalized spacial score (nSPS) is 20.1. The van der Waals surface area contributed by atoms with Crippen molar-refractivity contribution in [1.82, 2.24) is 5.32 Å². The van der Waals surface area contributed by atoms with Crippen LogP contribution in [0.25, 0.3) is 0 Å². The Morgan fingerprint density at radius 1 is 1.32 bits per heavy atom. The Labute approximate surface area is 152 Å². The molecule has 1 aliphatic rings. The van der Waals surface area contributed by atoms with E-state index in [1.165, 1.54) is 17.3 Å². The van der Waals surface area contributed by atoms with Crippen molar-refractivity contribution in [2.75, 3.05) is 17.7 Å². The number of anilines is 1. The first-order valence-electron chi connectivity index (χ1n) is 8.39. The minimum absolute atomic E-state index is 0.0674. The second kappa shape index (κ2) is 8.89. The molecule has 6 nitrogen and oxygen atoms in total. The minimum atomic E-state index is -0.639. The highest BCUT2D eigenvalue weighted by atomic mass is 32.2. The maximum absolute atomic E-state index is 12.2. The number of carbonyl (C=O) groups excluding carboxylic acids is 3. The molecule has 0 unspecified atom stereocenters. The molecule has 2 amide bonds. The van der Waals surface area contributed by atoms with Crippen LogP contribution in [0.3, 0.4) is 0 Å². The van der Waals surface area contributed by atoms with Crippen LogP contribution in [-0.2, 0) is 19.1 Å². The van der Waals surface area contributed by atoms with Gasteiger partial charge in [0.1, 0.15) is 6.04 Å². The smallest absolute Gasteiger partial charge is 0.329 e. The van der Waals surface area contributed by atoms with Crippen LogP contribution >= 0.6 is 11.8 Å². The molecule has 25 heavy (non-hydrogen) atoms. The Balaban J connectivity index is 1.84. The van der Waals surface area contributed by atoms with Crippen LogP contribution < -0.4 is 10.6 Å². The summed E-state index contributed by atoms with van der Waals surface area (Å²) in [6, 6.07) is 7.04. The highest BCUT2D eigenvalue weighted by Gasteiger charge is 2.34. The predicted octanol–water partition coefficient (Wildman–Crippen LogP) is 2.30. The van der Waals surface area contributed by atoms with Crippen molar-refractivity contribution in [2.45, 2.75) is 44.4 Å². The molecule has 1 heterocycles. The summed E-state index contributed by atoms with van der Waals surface area (Å²) in [7, 11) is 0. The third-order valence-corrected chi connectivity index (χ3v) is 5.18. The molecule has 0 spiro atoms. The van der Waals surface area contributed by atoms with E-state index in [2.05, 4.69) is 24.5 Å². The SMILES string of the molecule is CCOC(=O)[C@@H]1CS[C@@H](CC(=O)Nc2ccc(C(C)C)cc2)C(=O)N1. The summed E-state index contributed by atoms with van der Waals surface area (Å²) in [6.07, 6.45) is 0.0674. The lowest BCUT2D eigenvalue weighted by Crippen LogP contribution is -2.51. The van der Waals surface area contributed by atoms with Crippen LogP contribution in [0.1, 0.15) is 38.7 Å². The van der Waals surface area contributed by atoms with Crippen molar-refractivity contribution in [3.63, 3.8) is 0 Å². The standard InChI is InChI=1S/C18H24N2O4S/c1-4-24-18(23)14-10-25-15(17(22)20-14)9-16(21)19-13-7-5-12(6-8-13)11(2)3/h5-8,11,14-15H,4,9-10H2,1-3H3,(H,19,21)(H,20,22)/t14-,15-/m0/s1. The maximum atomic E-state index is 12.2. The van der Waals surface area contributed by atoms with Gasteiger partial charge in [-0.2, -0.15) is 0 Å². The lowest BCUT2D eigenvalue weighted by Gasteiger charge is -2.27. The summed E-state index contributed by atoms with van der Waals surface area (Å²) in [6.45, 7) is 6.21. The van der Waals surface area contributed by atoms with Gasteiger partial charge in [-0.15, -0.1) is 11.8 Å². The zero-order valence-electron chi connectivity index (χ0n) is 14.7. The van der Waals surface area contributed by atoms with E-state index in [1.54, 1.807) is 6.92 Å². The number of amides is 2. The summed E-state index contributed by atoms with van der Waals surface area (Å²) in [4.78, 5) is 35.9. The molecular weight excluding hydrogens is 340 g/mol. The van der Waals surface area contributed by atoms with E-state index in [9.17, 15) is 14.4 Å². The summed E-state index contributed by atoms with van der Waals surface area (Å²) in [5, 5.41) is 4.93. The van der Waals surface area contributed by atoms with Gasteiger partial charge in [0.2, 0.25) is 11.8 Å². The van der Waals surface area contributed by atoms with Crippen molar-refractivity contribution < 1.29 is 19.1 Å². The second-order valence-electron chi connectivity index (χ2n) is 6.16. The summed E-state index contributed by atoms with van der Waals surface area (Å²) < 4.78 is 4.91. The molecule has 2 N–H and O–H groups in total. The fourth-order valence-corrected chi connectivity index (χ4v) is 3.58. The van der Waals surface area contributed by atoms with E-state index in [0.717, 1.165) is 0 Å². The fraction of sp³-hybridized carbons (Fsp3) is 0.500. The summed E-state index contributed by atoms with van der Waals surface area (Å²) in [5.41, 5.74) is 1.91. The van der Waals surface area contributed by atoms with Gasteiger partial charge in [0.15, 0.2) is 0 Å². The first kappa shape index (κ1) is 19.3. The van der Waals surface area contributed by atoms with Crippen molar-refractivity contribution in [1.29, 1.82) is 0 Å². The molecule has 0 aromatic heterocycles. The number of hydrogen-bond donors (Lipinski definition) is 2. The number of benzene rings is 1. The van der Waals surface area contributed by atoms with Crippen LogP contribution in [0, 0.1) is 0 Å². The zero-order valence-corrected chi connectivity index (χ0v) is 15.5.